The monoisotopic (exact) mass is 251 g/mol. The molecule has 1 aliphatic rings. The molecule has 98 valence electrons. The minimum atomic E-state index is -0.271. The number of piperidine rings is 1. The number of methoxy groups -OCH3 is 1. The van der Waals surface area contributed by atoms with E-state index in [0.29, 0.717) is 12.1 Å². The third-order valence-electron chi connectivity index (χ3n) is 3.29. The van der Waals surface area contributed by atoms with Crippen LogP contribution in [-0.2, 0) is 9.53 Å². The van der Waals surface area contributed by atoms with E-state index in [0.717, 1.165) is 19.3 Å². The van der Waals surface area contributed by atoms with Crippen molar-refractivity contribution in [2.24, 2.45) is 0 Å². The van der Waals surface area contributed by atoms with E-state index in [1.54, 1.807) is 11.0 Å². The molecule has 0 spiro atoms. The number of hydrogen-bond donors (Lipinski definition) is 0. The second-order valence-corrected chi connectivity index (χ2v) is 4.44. The van der Waals surface area contributed by atoms with Crippen molar-refractivity contribution in [3.8, 4) is 0 Å². The predicted molar refractivity (Wildman–Crippen MR) is 64.0 cm³/mol. The quantitative estimate of drug-likeness (QED) is 0.769. The molecule has 5 heteroatoms. The second kappa shape index (κ2) is 5.71. The second-order valence-electron chi connectivity index (χ2n) is 4.44. The molecule has 2 heterocycles. The summed E-state index contributed by atoms with van der Waals surface area (Å²) in [7, 11) is 1.37. The molecule has 1 aliphatic heterocycles. The van der Waals surface area contributed by atoms with Gasteiger partial charge in [0.05, 0.1) is 25.4 Å². The van der Waals surface area contributed by atoms with E-state index in [2.05, 4.69) is 4.74 Å². The average Bonchev–Trinajstić information content (AvgIpc) is 2.92. The molecule has 0 radical (unpaired) electrons. The van der Waals surface area contributed by atoms with Crippen LogP contribution < -0.4 is 0 Å². The molecule has 1 unspecified atom stereocenters. The summed E-state index contributed by atoms with van der Waals surface area (Å²) in [5.74, 6) is -0.343. The molecule has 1 amide bonds. The fraction of sp³-hybridized carbons (Fsp3) is 0.538. The molecule has 1 aromatic rings. The first-order valence-corrected chi connectivity index (χ1v) is 6.12. The lowest BCUT2D eigenvalue weighted by molar-refractivity contribution is -0.142. The molecule has 1 aromatic heterocycles. The molecular weight excluding hydrogens is 234 g/mol. The van der Waals surface area contributed by atoms with E-state index in [4.69, 9.17) is 4.42 Å². The van der Waals surface area contributed by atoms with E-state index >= 15 is 0 Å². The van der Waals surface area contributed by atoms with Crippen LogP contribution in [-0.4, -0.2) is 36.5 Å². The van der Waals surface area contributed by atoms with Crippen LogP contribution in [0.4, 0.5) is 0 Å². The average molecular weight is 251 g/mol. The van der Waals surface area contributed by atoms with Crippen LogP contribution in [0.1, 0.15) is 36.0 Å². The summed E-state index contributed by atoms with van der Waals surface area (Å²) in [6.45, 7) is 0.686. The van der Waals surface area contributed by atoms with Crippen molar-refractivity contribution in [3.05, 3.63) is 24.2 Å². The Hall–Kier alpha value is -1.78. The summed E-state index contributed by atoms with van der Waals surface area (Å²) < 4.78 is 9.60. The zero-order valence-electron chi connectivity index (χ0n) is 10.4. The van der Waals surface area contributed by atoms with Crippen LogP contribution in [0.3, 0.4) is 0 Å². The summed E-state index contributed by atoms with van der Waals surface area (Å²) in [6.07, 6.45) is 6.04. The van der Waals surface area contributed by atoms with Gasteiger partial charge in [-0.05, 0) is 25.3 Å². The maximum Gasteiger partial charge on any atom is 0.307 e. The third-order valence-corrected chi connectivity index (χ3v) is 3.29. The van der Waals surface area contributed by atoms with E-state index in [1.807, 2.05) is 0 Å². The SMILES string of the molecule is COC(=O)CC1CCCCN1C(=O)c1ccoc1. The standard InChI is InChI=1S/C13H17NO4/c1-17-12(15)8-11-4-2-3-6-14(11)13(16)10-5-7-18-9-10/h5,7,9,11H,2-4,6,8H2,1H3. The highest BCUT2D eigenvalue weighted by atomic mass is 16.5. The number of carbonyl (C=O) groups is 2. The molecule has 2 rings (SSSR count). The van der Waals surface area contributed by atoms with Gasteiger partial charge in [-0.1, -0.05) is 0 Å². The predicted octanol–water partition coefficient (Wildman–Crippen LogP) is 1.84. The Morgan fingerprint density at radius 3 is 3.00 bits per heavy atom. The van der Waals surface area contributed by atoms with Crippen LogP contribution >= 0.6 is 0 Å². The van der Waals surface area contributed by atoms with Crippen molar-refractivity contribution in [2.75, 3.05) is 13.7 Å². The van der Waals surface area contributed by atoms with Gasteiger partial charge in [0.25, 0.3) is 5.91 Å². The van der Waals surface area contributed by atoms with E-state index < -0.39 is 0 Å². The van der Waals surface area contributed by atoms with Crippen molar-refractivity contribution >= 4 is 11.9 Å². The Kier molecular flexibility index (Phi) is 4.02. The summed E-state index contributed by atoms with van der Waals surface area (Å²) >= 11 is 0. The first-order valence-electron chi connectivity index (χ1n) is 6.12. The van der Waals surface area contributed by atoms with Gasteiger partial charge in [-0.15, -0.1) is 0 Å². The van der Waals surface area contributed by atoms with Crippen LogP contribution in [0.25, 0.3) is 0 Å². The molecule has 0 saturated carbocycles. The van der Waals surface area contributed by atoms with Crippen molar-refractivity contribution in [1.82, 2.24) is 4.90 Å². The van der Waals surface area contributed by atoms with Crippen molar-refractivity contribution in [3.63, 3.8) is 0 Å². The third kappa shape index (κ3) is 2.72. The minimum absolute atomic E-state index is 0.0615. The number of amides is 1. The largest absolute Gasteiger partial charge is 0.472 e. The summed E-state index contributed by atoms with van der Waals surface area (Å²) in [5, 5.41) is 0. The highest BCUT2D eigenvalue weighted by molar-refractivity contribution is 5.94. The molecule has 18 heavy (non-hydrogen) atoms. The molecule has 0 aromatic carbocycles. The van der Waals surface area contributed by atoms with Gasteiger partial charge in [-0.2, -0.15) is 0 Å². The highest BCUT2D eigenvalue weighted by Crippen LogP contribution is 2.22. The van der Waals surface area contributed by atoms with E-state index in [1.165, 1.54) is 19.6 Å². The van der Waals surface area contributed by atoms with E-state index in [-0.39, 0.29) is 24.3 Å². The van der Waals surface area contributed by atoms with Crippen molar-refractivity contribution in [1.29, 1.82) is 0 Å². The lowest BCUT2D eigenvalue weighted by Gasteiger charge is -2.34. The smallest absolute Gasteiger partial charge is 0.307 e. The number of esters is 1. The number of rotatable bonds is 3. The summed E-state index contributed by atoms with van der Waals surface area (Å²) in [6, 6.07) is 1.58. The van der Waals surface area contributed by atoms with Crippen LogP contribution in [0.15, 0.2) is 23.0 Å². The molecule has 0 aliphatic carbocycles. The maximum atomic E-state index is 12.3. The number of ether oxygens (including phenoxy) is 1. The fourth-order valence-corrected chi connectivity index (χ4v) is 2.31. The number of furan rings is 1. The van der Waals surface area contributed by atoms with Gasteiger partial charge in [-0.3, -0.25) is 9.59 Å². The van der Waals surface area contributed by atoms with Gasteiger partial charge in [0.2, 0.25) is 0 Å². The highest BCUT2D eigenvalue weighted by Gasteiger charge is 2.29. The summed E-state index contributed by atoms with van der Waals surface area (Å²) in [5.41, 5.74) is 0.534. The maximum absolute atomic E-state index is 12.3. The lowest BCUT2D eigenvalue weighted by atomic mass is 9.98. The molecule has 0 bridgehead atoms. The van der Waals surface area contributed by atoms with Gasteiger partial charge >= 0.3 is 5.97 Å². The van der Waals surface area contributed by atoms with Crippen LogP contribution in [0.2, 0.25) is 0 Å². The zero-order valence-corrected chi connectivity index (χ0v) is 10.4. The Bertz CT molecular complexity index is 413. The molecule has 5 nitrogen and oxygen atoms in total. The molecular formula is C13H17NO4. The van der Waals surface area contributed by atoms with Gasteiger partial charge in [-0.25, -0.2) is 0 Å². The zero-order chi connectivity index (χ0) is 13.0. The van der Waals surface area contributed by atoms with Crippen LogP contribution in [0.5, 0.6) is 0 Å². The topological polar surface area (TPSA) is 59.8 Å². The Morgan fingerprint density at radius 1 is 1.50 bits per heavy atom. The Balaban J connectivity index is 2.08. The lowest BCUT2D eigenvalue weighted by Crippen LogP contribution is -2.44. The molecule has 1 saturated heterocycles. The van der Waals surface area contributed by atoms with Gasteiger partial charge in [0, 0.05) is 12.6 Å². The normalized spacial score (nSPS) is 19.6. The molecule has 0 N–H and O–H groups in total. The number of nitrogens with zero attached hydrogens (tertiary/aromatic N) is 1. The van der Waals surface area contributed by atoms with Crippen LogP contribution in [0, 0.1) is 0 Å². The first-order chi connectivity index (χ1) is 8.72. The summed E-state index contributed by atoms with van der Waals surface area (Å²) in [4.78, 5) is 25.4. The first kappa shape index (κ1) is 12.7. The van der Waals surface area contributed by atoms with Crippen molar-refractivity contribution in [2.45, 2.75) is 31.7 Å². The number of carbonyl (C=O) groups excluding carboxylic acids is 2. The fourth-order valence-electron chi connectivity index (χ4n) is 2.31. The Morgan fingerprint density at radius 2 is 2.33 bits per heavy atom. The van der Waals surface area contributed by atoms with Gasteiger partial charge < -0.3 is 14.1 Å². The number of likely N-dealkylation sites (tertiary alicyclic amines) is 1. The number of hydrogen-bond acceptors (Lipinski definition) is 4. The van der Waals surface area contributed by atoms with Gasteiger partial charge in [0.1, 0.15) is 6.26 Å². The molecule has 1 atom stereocenters. The minimum Gasteiger partial charge on any atom is -0.472 e. The Labute approximate surface area is 106 Å². The van der Waals surface area contributed by atoms with Crippen molar-refractivity contribution < 1.29 is 18.7 Å². The van der Waals surface area contributed by atoms with E-state index in [9.17, 15) is 9.59 Å². The molecule has 1 fully saturated rings. The van der Waals surface area contributed by atoms with Gasteiger partial charge in [0.15, 0.2) is 0 Å².